The highest BCUT2D eigenvalue weighted by molar-refractivity contribution is 7.89. The lowest BCUT2D eigenvalue weighted by Gasteiger charge is -2.22. The molecule has 1 aromatic heterocycles. The maximum Gasteiger partial charge on any atom is 0.242 e. The molecule has 2 fully saturated rings. The van der Waals surface area contributed by atoms with Gasteiger partial charge in [0.2, 0.25) is 15.9 Å². The van der Waals surface area contributed by atoms with Gasteiger partial charge in [-0.3, -0.25) is 9.78 Å². The van der Waals surface area contributed by atoms with Gasteiger partial charge in [-0.25, -0.2) is 12.7 Å². The van der Waals surface area contributed by atoms with Gasteiger partial charge in [0.05, 0.1) is 23.2 Å². The first kappa shape index (κ1) is 29.5. The molecule has 0 unspecified atom stereocenters. The number of amides is 1. The van der Waals surface area contributed by atoms with E-state index in [1.165, 1.54) is 17.3 Å². The van der Waals surface area contributed by atoms with E-state index in [4.69, 9.17) is 21.1 Å². The summed E-state index contributed by atoms with van der Waals surface area (Å²) in [6.45, 7) is 2.49. The molecule has 10 heteroatoms. The summed E-state index contributed by atoms with van der Waals surface area (Å²) in [4.78, 5) is 15.6. The summed E-state index contributed by atoms with van der Waals surface area (Å²) in [7, 11) is -2.15. The van der Waals surface area contributed by atoms with Crippen molar-refractivity contribution in [3.05, 3.63) is 77.1 Å². The molecule has 0 bridgehead atoms. The number of halogens is 1. The number of carbonyl (C=O) groups is 1. The van der Waals surface area contributed by atoms with E-state index in [1.54, 1.807) is 25.4 Å². The van der Waals surface area contributed by atoms with E-state index in [2.05, 4.69) is 16.4 Å². The Hall–Kier alpha value is -2.98. The predicted octanol–water partition coefficient (Wildman–Crippen LogP) is 5.69. The molecular formula is C31H36ClN3O5S. The van der Waals surface area contributed by atoms with E-state index in [-0.39, 0.29) is 23.5 Å². The minimum absolute atomic E-state index is 0.0953. The van der Waals surface area contributed by atoms with Crippen molar-refractivity contribution in [1.29, 1.82) is 0 Å². The van der Waals surface area contributed by atoms with Crippen LogP contribution >= 0.6 is 11.6 Å². The molecule has 1 N–H and O–H groups in total. The van der Waals surface area contributed by atoms with Gasteiger partial charge >= 0.3 is 0 Å². The highest BCUT2D eigenvalue weighted by Gasteiger charge is 2.48. The third-order valence-corrected chi connectivity index (χ3v) is 9.74. The molecule has 8 nitrogen and oxygen atoms in total. The van der Waals surface area contributed by atoms with Crippen LogP contribution in [0.4, 0.5) is 0 Å². The number of hydrogen-bond donors (Lipinski definition) is 1. The number of unbranched alkanes of at least 4 members (excludes halogenated alkanes) is 1. The monoisotopic (exact) mass is 597 g/mol. The number of nitrogens with one attached hydrogen (secondary N) is 1. The molecule has 0 radical (unpaired) electrons. The average Bonchev–Trinajstić information content (AvgIpc) is 3.90. The number of benzene rings is 2. The SMILES string of the molecule is CC(=O)NCCCCN(C)S(=O)(=O)c1ccc(Cl)c(COC2(c3cnccc3-c3ccccc3OC3CC3)CC2)c1. The molecule has 2 saturated carbocycles. The average molecular weight is 598 g/mol. The van der Waals surface area contributed by atoms with Gasteiger partial charge in [-0.05, 0) is 80.0 Å². The molecule has 0 saturated heterocycles. The number of ether oxygens (including phenoxy) is 2. The van der Waals surface area contributed by atoms with Crippen LogP contribution in [0.15, 0.2) is 65.8 Å². The van der Waals surface area contributed by atoms with Crippen molar-refractivity contribution in [2.24, 2.45) is 0 Å². The first-order chi connectivity index (χ1) is 19.7. The zero-order valence-corrected chi connectivity index (χ0v) is 25.0. The van der Waals surface area contributed by atoms with E-state index >= 15 is 0 Å². The maximum absolute atomic E-state index is 13.3. The zero-order chi connectivity index (χ0) is 29.0. The molecular weight excluding hydrogens is 562 g/mol. The Balaban J connectivity index is 1.30. The van der Waals surface area contributed by atoms with Gasteiger partial charge in [-0.15, -0.1) is 0 Å². The van der Waals surface area contributed by atoms with Gasteiger partial charge in [0.1, 0.15) is 5.75 Å². The number of nitrogens with zero attached hydrogens (tertiary/aromatic N) is 2. The third-order valence-electron chi connectivity index (χ3n) is 7.51. The van der Waals surface area contributed by atoms with Crippen molar-refractivity contribution in [3.63, 3.8) is 0 Å². The van der Waals surface area contributed by atoms with Gasteiger partial charge in [-0.1, -0.05) is 29.8 Å². The van der Waals surface area contributed by atoms with Crippen molar-refractivity contribution in [3.8, 4) is 16.9 Å². The van der Waals surface area contributed by atoms with Crippen molar-refractivity contribution in [2.75, 3.05) is 20.1 Å². The fourth-order valence-corrected chi connectivity index (χ4v) is 6.25. The second kappa shape index (κ2) is 12.5. The highest BCUT2D eigenvalue weighted by atomic mass is 35.5. The Kier molecular flexibility index (Phi) is 8.99. The summed E-state index contributed by atoms with van der Waals surface area (Å²) in [5.41, 5.74) is 3.11. The molecule has 0 atom stereocenters. The number of hydrogen-bond acceptors (Lipinski definition) is 6. The van der Waals surface area contributed by atoms with E-state index in [0.717, 1.165) is 48.1 Å². The Labute approximate surface area is 247 Å². The number of sulfonamides is 1. The smallest absolute Gasteiger partial charge is 0.242 e. The standard InChI is InChI=1S/C31H36ClN3O5S/c1-22(36)34-16-5-6-18-35(2)41(37,38)25-11-12-29(32)23(19-25)21-39-31(14-15-31)28-20-33-17-13-26(28)27-7-3-4-8-30(27)40-24-9-10-24/h3-4,7-8,11-13,17,19-20,24H,5-6,9-10,14-16,18,21H2,1-2H3,(H,34,36). The summed E-state index contributed by atoms with van der Waals surface area (Å²) in [6, 6.07) is 14.8. The number of aromatic nitrogens is 1. The van der Waals surface area contributed by atoms with Crippen LogP contribution in [-0.2, 0) is 31.8 Å². The number of pyridine rings is 1. The fraction of sp³-hybridized carbons (Fsp3) is 0.419. The largest absolute Gasteiger partial charge is 0.490 e. The van der Waals surface area contributed by atoms with Crippen molar-refractivity contribution in [1.82, 2.24) is 14.6 Å². The van der Waals surface area contributed by atoms with E-state index in [0.29, 0.717) is 36.5 Å². The zero-order valence-electron chi connectivity index (χ0n) is 23.4. The predicted molar refractivity (Wildman–Crippen MR) is 158 cm³/mol. The highest BCUT2D eigenvalue weighted by Crippen LogP contribution is 2.53. The molecule has 1 heterocycles. The summed E-state index contributed by atoms with van der Waals surface area (Å²) < 4.78 is 40.6. The number of carbonyl (C=O) groups excluding carboxylic acids is 1. The summed E-state index contributed by atoms with van der Waals surface area (Å²) in [5, 5.41) is 3.18. The van der Waals surface area contributed by atoms with E-state index in [9.17, 15) is 13.2 Å². The second-order valence-electron chi connectivity index (χ2n) is 10.8. The van der Waals surface area contributed by atoms with Gasteiger partial charge < -0.3 is 14.8 Å². The molecule has 2 aliphatic rings. The Bertz CT molecular complexity index is 1510. The van der Waals surface area contributed by atoms with Crippen LogP contribution < -0.4 is 10.1 Å². The van der Waals surface area contributed by atoms with Crippen LogP contribution in [0, 0.1) is 0 Å². The molecule has 1 amide bonds. The summed E-state index contributed by atoms with van der Waals surface area (Å²) in [5.74, 6) is 0.764. The second-order valence-corrected chi connectivity index (χ2v) is 13.2. The van der Waals surface area contributed by atoms with Crippen LogP contribution in [0.5, 0.6) is 5.75 Å². The van der Waals surface area contributed by atoms with Crippen LogP contribution in [0.25, 0.3) is 11.1 Å². The molecule has 2 aliphatic carbocycles. The van der Waals surface area contributed by atoms with Gasteiger partial charge in [-0.2, -0.15) is 0 Å². The maximum atomic E-state index is 13.3. The minimum atomic E-state index is -3.72. The Morgan fingerprint density at radius 1 is 1.12 bits per heavy atom. The summed E-state index contributed by atoms with van der Waals surface area (Å²) >= 11 is 6.52. The lowest BCUT2D eigenvalue weighted by Crippen LogP contribution is -2.29. The number of para-hydroxylation sites is 1. The molecule has 2 aromatic carbocycles. The van der Waals surface area contributed by atoms with Crippen LogP contribution in [0.2, 0.25) is 5.02 Å². The van der Waals surface area contributed by atoms with E-state index in [1.807, 2.05) is 30.5 Å². The first-order valence-electron chi connectivity index (χ1n) is 14.0. The Morgan fingerprint density at radius 2 is 1.90 bits per heavy atom. The molecule has 5 rings (SSSR count). The number of rotatable bonds is 14. The molecule has 41 heavy (non-hydrogen) atoms. The van der Waals surface area contributed by atoms with Crippen molar-refractivity contribution >= 4 is 27.5 Å². The normalized spacial score (nSPS) is 16.0. The topological polar surface area (TPSA) is 97.8 Å². The first-order valence-corrected chi connectivity index (χ1v) is 15.9. The lowest BCUT2D eigenvalue weighted by atomic mass is 9.96. The van der Waals surface area contributed by atoms with Gasteiger partial charge in [0, 0.05) is 55.6 Å². The molecule has 0 spiro atoms. The minimum Gasteiger partial charge on any atom is -0.490 e. The van der Waals surface area contributed by atoms with Gasteiger partial charge in [0.25, 0.3) is 0 Å². The molecule has 3 aromatic rings. The van der Waals surface area contributed by atoms with Crippen LogP contribution in [0.1, 0.15) is 56.6 Å². The quantitative estimate of drug-likeness (QED) is 0.240. The third kappa shape index (κ3) is 7.09. The van der Waals surface area contributed by atoms with E-state index < -0.39 is 15.6 Å². The molecule has 218 valence electrons. The fourth-order valence-electron chi connectivity index (χ4n) is 4.82. The summed E-state index contributed by atoms with van der Waals surface area (Å²) in [6.07, 6.45) is 9.05. The van der Waals surface area contributed by atoms with Crippen molar-refractivity contribution in [2.45, 2.75) is 68.7 Å². The van der Waals surface area contributed by atoms with Crippen LogP contribution in [-0.4, -0.2) is 49.9 Å². The van der Waals surface area contributed by atoms with Crippen LogP contribution in [0.3, 0.4) is 0 Å². The molecule has 0 aliphatic heterocycles. The lowest BCUT2D eigenvalue weighted by molar-refractivity contribution is -0.118. The Morgan fingerprint density at radius 3 is 2.63 bits per heavy atom. The van der Waals surface area contributed by atoms with Gasteiger partial charge in [0.15, 0.2) is 0 Å². The van der Waals surface area contributed by atoms with Crippen molar-refractivity contribution < 1.29 is 22.7 Å².